The van der Waals surface area contributed by atoms with E-state index in [0.717, 1.165) is 21.9 Å². The summed E-state index contributed by atoms with van der Waals surface area (Å²) < 4.78 is 40.0. The van der Waals surface area contributed by atoms with Gasteiger partial charge in [-0.1, -0.05) is 50.2 Å². The molecular formula is C32H41N3O6S. The Kier molecular flexibility index (Phi) is 11.4. The number of sulfonamides is 1. The second-order valence-electron chi connectivity index (χ2n) is 10.1. The van der Waals surface area contributed by atoms with Gasteiger partial charge >= 0.3 is 0 Å². The molecule has 0 radical (unpaired) electrons. The highest BCUT2D eigenvalue weighted by molar-refractivity contribution is 7.92. The highest BCUT2D eigenvalue weighted by Crippen LogP contribution is 2.34. The van der Waals surface area contributed by atoms with E-state index in [1.54, 1.807) is 55.6 Å². The molecule has 0 bridgehead atoms. The van der Waals surface area contributed by atoms with Crippen LogP contribution < -0.4 is 19.1 Å². The zero-order valence-corrected chi connectivity index (χ0v) is 26.0. The number of carbonyl (C=O) groups excluding carboxylic acids is 2. The first-order valence-corrected chi connectivity index (χ1v) is 15.4. The van der Waals surface area contributed by atoms with Crippen LogP contribution in [-0.2, 0) is 26.2 Å². The smallest absolute Gasteiger partial charge is 0.264 e. The van der Waals surface area contributed by atoms with Crippen molar-refractivity contribution in [2.24, 2.45) is 0 Å². The fourth-order valence-electron chi connectivity index (χ4n) is 4.52. The number of amides is 2. The van der Waals surface area contributed by atoms with Gasteiger partial charge in [-0.25, -0.2) is 8.42 Å². The van der Waals surface area contributed by atoms with Crippen LogP contribution in [0.4, 0.5) is 5.69 Å². The lowest BCUT2D eigenvalue weighted by Crippen LogP contribution is -2.53. The lowest BCUT2D eigenvalue weighted by molar-refractivity contribution is -0.140. The van der Waals surface area contributed by atoms with Crippen LogP contribution in [0.2, 0.25) is 0 Å². The van der Waals surface area contributed by atoms with Crippen molar-refractivity contribution >= 4 is 27.5 Å². The molecule has 0 fully saturated rings. The number of ether oxygens (including phenoxy) is 2. The molecule has 0 heterocycles. The fourth-order valence-corrected chi connectivity index (χ4v) is 5.95. The van der Waals surface area contributed by atoms with Crippen molar-refractivity contribution in [1.82, 2.24) is 10.2 Å². The summed E-state index contributed by atoms with van der Waals surface area (Å²) in [4.78, 5) is 29.2. The predicted molar refractivity (Wildman–Crippen MR) is 164 cm³/mol. The molecule has 1 N–H and O–H groups in total. The van der Waals surface area contributed by atoms with Crippen LogP contribution in [0.3, 0.4) is 0 Å². The number of aryl methyl sites for hydroxylation is 1. The van der Waals surface area contributed by atoms with E-state index >= 15 is 0 Å². The van der Waals surface area contributed by atoms with Gasteiger partial charge in [0.2, 0.25) is 11.8 Å². The minimum atomic E-state index is -4.20. The van der Waals surface area contributed by atoms with Crippen LogP contribution in [0.15, 0.2) is 77.7 Å². The van der Waals surface area contributed by atoms with Gasteiger partial charge in [0.1, 0.15) is 24.1 Å². The van der Waals surface area contributed by atoms with Crippen molar-refractivity contribution in [3.63, 3.8) is 0 Å². The van der Waals surface area contributed by atoms with E-state index in [4.69, 9.17) is 9.47 Å². The van der Waals surface area contributed by atoms with E-state index in [1.165, 1.54) is 24.1 Å². The van der Waals surface area contributed by atoms with E-state index < -0.39 is 28.5 Å². The first-order chi connectivity index (χ1) is 20.0. The number of rotatable bonds is 14. The summed E-state index contributed by atoms with van der Waals surface area (Å²) in [5, 5.41) is 2.98. The van der Waals surface area contributed by atoms with E-state index in [0.29, 0.717) is 17.9 Å². The van der Waals surface area contributed by atoms with Crippen LogP contribution >= 0.6 is 0 Å². The molecule has 3 rings (SSSR count). The quantitative estimate of drug-likeness (QED) is 0.283. The van der Waals surface area contributed by atoms with Crippen molar-refractivity contribution in [3.05, 3.63) is 83.9 Å². The number of benzene rings is 3. The summed E-state index contributed by atoms with van der Waals surface area (Å²) >= 11 is 0. The first-order valence-electron chi connectivity index (χ1n) is 14.0. The monoisotopic (exact) mass is 595 g/mol. The Morgan fingerprint density at radius 1 is 0.905 bits per heavy atom. The number of nitrogens with one attached hydrogen (secondary N) is 1. The predicted octanol–water partition coefficient (Wildman–Crippen LogP) is 4.93. The summed E-state index contributed by atoms with van der Waals surface area (Å²) in [6, 6.07) is 19.4. The van der Waals surface area contributed by atoms with Crippen LogP contribution in [-0.4, -0.2) is 58.0 Å². The molecule has 3 aromatic carbocycles. The summed E-state index contributed by atoms with van der Waals surface area (Å²) in [6.07, 6.45) is 1.06. The van der Waals surface area contributed by atoms with Gasteiger partial charge in [0, 0.05) is 12.6 Å². The van der Waals surface area contributed by atoms with E-state index in [1.807, 2.05) is 39.8 Å². The van der Waals surface area contributed by atoms with Crippen molar-refractivity contribution in [1.29, 1.82) is 0 Å². The van der Waals surface area contributed by atoms with Crippen LogP contribution in [0.25, 0.3) is 0 Å². The molecule has 0 aromatic heterocycles. The highest BCUT2D eigenvalue weighted by atomic mass is 32.2. The van der Waals surface area contributed by atoms with E-state index in [2.05, 4.69) is 5.32 Å². The topological polar surface area (TPSA) is 105 Å². The molecular weight excluding hydrogens is 554 g/mol. The van der Waals surface area contributed by atoms with E-state index in [-0.39, 0.29) is 29.1 Å². The van der Waals surface area contributed by atoms with Gasteiger partial charge in [-0.05, 0) is 74.2 Å². The number of hydrogen-bond donors (Lipinski definition) is 1. The number of methoxy groups -OCH3 is 2. The third kappa shape index (κ3) is 7.82. The lowest BCUT2D eigenvalue weighted by atomic mass is 10.1. The maximum absolute atomic E-state index is 14.3. The van der Waals surface area contributed by atoms with Crippen LogP contribution in [0.1, 0.15) is 44.7 Å². The SMILES string of the molecule is CC[C@H](C)NC(=O)[C@H](CC)N(Cc1ccc(OC)cc1)C(=O)CN(c1cc(C)ccc1OC)S(=O)(=O)c1ccccc1. The van der Waals surface area contributed by atoms with E-state index in [9.17, 15) is 18.0 Å². The molecule has 10 heteroatoms. The molecule has 42 heavy (non-hydrogen) atoms. The van der Waals surface area contributed by atoms with Crippen molar-refractivity contribution < 1.29 is 27.5 Å². The van der Waals surface area contributed by atoms with Crippen LogP contribution in [0.5, 0.6) is 11.5 Å². The van der Waals surface area contributed by atoms with Crippen LogP contribution in [0, 0.1) is 6.92 Å². The Bertz CT molecular complexity index is 1440. The second kappa shape index (κ2) is 14.7. The Hall–Kier alpha value is -4.05. The average Bonchev–Trinajstić information content (AvgIpc) is 3.00. The summed E-state index contributed by atoms with van der Waals surface area (Å²) in [5.41, 5.74) is 1.79. The number of hydrogen-bond acceptors (Lipinski definition) is 6. The molecule has 3 aromatic rings. The highest BCUT2D eigenvalue weighted by Gasteiger charge is 2.35. The molecule has 0 saturated heterocycles. The Labute approximate surface area is 249 Å². The molecule has 0 aliphatic rings. The molecule has 226 valence electrons. The minimum absolute atomic E-state index is 0.0321. The van der Waals surface area contributed by atoms with Gasteiger partial charge in [-0.3, -0.25) is 13.9 Å². The molecule has 0 unspecified atom stereocenters. The summed E-state index contributed by atoms with van der Waals surface area (Å²) in [7, 11) is -1.18. The maximum atomic E-state index is 14.3. The molecule has 0 saturated carbocycles. The molecule has 0 aliphatic heterocycles. The normalized spacial score (nSPS) is 12.6. The van der Waals surface area contributed by atoms with Gasteiger partial charge < -0.3 is 19.7 Å². The molecule has 2 atom stereocenters. The Balaban J connectivity index is 2.11. The molecule has 0 spiro atoms. The van der Waals surface area contributed by atoms with Gasteiger partial charge in [0.25, 0.3) is 10.0 Å². The number of nitrogens with zero attached hydrogens (tertiary/aromatic N) is 2. The third-order valence-electron chi connectivity index (χ3n) is 7.11. The van der Waals surface area contributed by atoms with Gasteiger partial charge in [0.05, 0.1) is 24.8 Å². The zero-order chi connectivity index (χ0) is 30.9. The minimum Gasteiger partial charge on any atom is -0.497 e. The molecule has 9 nitrogen and oxygen atoms in total. The standard InChI is InChI=1S/C32H41N3O6S/c1-7-24(4)33-32(37)28(8-2)34(21-25-15-17-26(40-5)18-16-25)31(36)22-35(29-20-23(3)14-19-30(29)41-6)42(38,39)27-12-10-9-11-13-27/h9-20,24,28H,7-8,21-22H2,1-6H3,(H,33,37)/t24-,28-/m0/s1. The molecule has 2 amide bonds. The summed E-state index contributed by atoms with van der Waals surface area (Å²) in [5.74, 6) is 0.139. The van der Waals surface area contributed by atoms with Crippen molar-refractivity contribution in [2.75, 3.05) is 25.1 Å². The summed E-state index contributed by atoms with van der Waals surface area (Å²) in [6.45, 7) is 7.09. The lowest BCUT2D eigenvalue weighted by Gasteiger charge is -2.34. The number of anilines is 1. The third-order valence-corrected chi connectivity index (χ3v) is 8.89. The van der Waals surface area contributed by atoms with Gasteiger partial charge in [-0.2, -0.15) is 0 Å². The largest absolute Gasteiger partial charge is 0.497 e. The fraction of sp³-hybridized carbons (Fsp3) is 0.375. The number of carbonyl (C=O) groups is 2. The van der Waals surface area contributed by atoms with Gasteiger partial charge in [0.15, 0.2) is 0 Å². The molecule has 0 aliphatic carbocycles. The first kappa shape index (κ1) is 32.5. The second-order valence-corrected chi connectivity index (χ2v) is 12.0. The van der Waals surface area contributed by atoms with Gasteiger partial charge in [-0.15, -0.1) is 0 Å². The zero-order valence-electron chi connectivity index (χ0n) is 25.2. The maximum Gasteiger partial charge on any atom is 0.264 e. The Morgan fingerprint density at radius 3 is 2.14 bits per heavy atom. The Morgan fingerprint density at radius 2 is 1.57 bits per heavy atom. The van der Waals surface area contributed by atoms with Crippen molar-refractivity contribution in [3.8, 4) is 11.5 Å². The average molecular weight is 596 g/mol. The van der Waals surface area contributed by atoms with Crippen molar-refractivity contribution in [2.45, 2.75) is 64.1 Å².